The molecule has 4 nitrogen and oxygen atoms in total. The molecule has 24 heavy (non-hydrogen) atoms. The molecule has 0 radical (unpaired) electrons. The Balaban J connectivity index is 1.99. The highest BCUT2D eigenvalue weighted by Crippen LogP contribution is 2.17. The monoisotopic (exact) mass is 393 g/mol. The molecule has 0 saturated carbocycles. The molecule has 0 aliphatic carbocycles. The predicted molar refractivity (Wildman–Crippen MR) is 91.9 cm³/mol. The molecular weight excluding hydrogens is 377 g/mol. The lowest BCUT2D eigenvalue weighted by atomic mass is 10.2. The molecule has 2 rings (SSSR count). The highest BCUT2D eigenvalue weighted by atomic mass is 79.9. The van der Waals surface area contributed by atoms with Crippen molar-refractivity contribution in [3.8, 4) is 0 Å². The predicted octanol–water partition coefficient (Wildman–Crippen LogP) is 3.79. The van der Waals surface area contributed by atoms with E-state index >= 15 is 0 Å². The molecule has 6 heteroatoms. The van der Waals surface area contributed by atoms with Crippen LogP contribution < -0.4 is 0 Å². The van der Waals surface area contributed by atoms with Gasteiger partial charge in [0, 0.05) is 18.1 Å². The van der Waals surface area contributed by atoms with Gasteiger partial charge in [-0.15, -0.1) is 0 Å². The Hall–Kier alpha value is -2.21. The zero-order valence-electron chi connectivity index (χ0n) is 13.3. The van der Waals surface area contributed by atoms with Gasteiger partial charge in [0.25, 0.3) is 5.91 Å². The van der Waals surface area contributed by atoms with E-state index in [-0.39, 0.29) is 11.5 Å². The van der Waals surface area contributed by atoms with E-state index in [1.54, 1.807) is 7.05 Å². The first kappa shape index (κ1) is 18.1. The third kappa shape index (κ3) is 4.64. The minimum absolute atomic E-state index is 0.205. The third-order valence-electron chi connectivity index (χ3n) is 3.42. The van der Waals surface area contributed by atoms with Crippen LogP contribution in [-0.4, -0.2) is 29.9 Å². The molecule has 0 heterocycles. The maximum absolute atomic E-state index is 13.8. The van der Waals surface area contributed by atoms with Crippen LogP contribution in [0.1, 0.15) is 22.8 Å². The summed E-state index contributed by atoms with van der Waals surface area (Å²) in [4.78, 5) is 25.8. The van der Waals surface area contributed by atoms with E-state index in [1.807, 2.05) is 30.3 Å². The van der Waals surface area contributed by atoms with Gasteiger partial charge in [0.1, 0.15) is 5.82 Å². The van der Waals surface area contributed by atoms with Crippen LogP contribution in [-0.2, 0) is 16.1 Å². The van der Waals surface area contributed by atoms with Gasteiger partial charge in [-0.25, -0.2) is 9.18 Å². The summed E-state index contributed by atoms with van der Waals surface area (Å²) in [6.07, 6.45) is -1.01. The lowest BCUT2D eigenvalue weighted by molar-refractivity contribution is -0.139. The zero-order valence-corrected chi connectivity index (χ0v) is 14.9. The van der Waals surface area contributed by atoms with Crippen LogP contribution in [0.2, 0.25) is 0 Å². The number of likely N-dealkylation sites (N-methyl/N-ethyl adjacent to an activating group) is 1. The number of carbonyl (C=O) groups excluding carboxylic acids is 2. The summed E-state index contributed by atoms with van der Waals surface area (Å²) < 4.78 is 19.4. The van der Waals surface area contributed by atoms with Crippen molar-refractivity contribution >= 4 is 27.8 Å². The lowest BCUT2D eigenvalue weighted by Crippen LogP contribution is -2.37. The minimum atomic E-state index is -1.01. The topological polar surface area (TPSA) is 46.6 Å². The van der Waals surface area contributed by atoms with Crippen LogP contribution in [0.5, 0.6) is 0 Å². The smallest absolute Gasteiger partial charge is 0.341 e. The van der Waals surface area contributed by atoms with Crippen molar-refractivity contribution in [2.24, 2.45) is 0 Å². The van der Waals surface area contributed by atoms with Gasteiger partial charge in [0.15, 0.2) is 6.10 Å². The first-order valence-corrected chi connectivity index (χ1v) is 8.12. The van der Waals surface area contributed by atoms with E-state index in [4.69, 9.17) is 4.74 Å². The highest BCUT2D eigenvalue weighted by molar-refractivity contribution is 9.10. The fourth-order valence-corrected chi connectivity index (χ4v) is 2.51. The zero-order chi connectivity index (χ0) is 17.7. The fourth-order valence-electron chi connectivity index (χ4n) is 2.18. The molecular formula is C18H17BrFNO3. The second-order valence-corrected chi connectivity index (χ2v) is 6.27. The van der Waals surface area contributed by atoms with E-state index in [0.717, 1.165) is 5.56 Å². The number of carbonyl (C=O) groups is 2. The molecule has 2 aromatic carbocycles. The molecule has 0 fully saturated rings. The first-order chi connectivity index (χ1) is 11.4. The Morgan fingerprint density at radius 1 is 1.21 bits per heavy atom. The number of nitrogens with zero attached hydrogens (tertiary/aromatic N) is 1. The lowest BCUT2D eigenvalue weighted by Gasteiger charge is -2.21. The maximum atomic E-state index is 13.8. The number of hydrogen-bond donors (Lipinski definition) is 0. The van der Waals surface area contributed by atoms with Gasteiger partial charge in [-0.1, -0.05) is 46.3 Å². The van der Waals surface area contributed by atoms with Crippen molar-refractivity contribution in [1.82, 2.24) is 4.90 Å². The molecule has 0 aliphatic rings. The second-order valence-electron chi connectivity index (χ2n) is 5.35. The first-order valence-electron chi connectivity index (χ1n) is 7.33. The van der Waals surface area contributed by atoms with Gasteiger partial charge in [-0.05, 0) is 30.7 Å². The van der Waals surface area contributed by atoms with Crippen molar-refractivity contribution in [2.75, 3.05) is 7.05 Å². The number of benzene rings is 2. The largest absolute Gasteiger partial charge is 0.449 e. The molecule has 0 aromatic heterocycles. The van der Waals surface area contributed by atoms with Gasteiger partial charge >= 0.3 is 5.97 Å². The summed E-state index contributed by atoms with van der Waals surface area (Å²) in [6, 6.07) is 13.5. The van der Waals surface area contributed by atoms with Crippen LogP contribution in [0.15, 0.2) is 53.0 Å². The molecule has 0 spiro atoms. The molecule has 0 unspecified atom stereocenters. The van der Waals surface area contributed by atoms with E-state index in [2.05, 4.69) is 15.9 Å². The number of esters is 1. The SMILES string of the molecule is C[C@H](OC(=O)c1ccc(Br)cc1F)C(=O)N(C)Cc1ccccc1. The normalized spacial score (nSPS) is 11.7. The van der Waals surface area contributed by atoms with E-state index in [0.29, 0.717) is 11.0 Å². The molecule has 1 atom stereocenters. The van der Waals surface area contributed by atoms with Crippen LogP contribution >= 0.6 is 15.9 Å². The maximum Gasteiger partial charge on any atom is 0.341 e. The highest BCUT2D eigenvalue weighted by Gasteiger charge is 2.23. The average molecular weight is 394 g/mol. The molecule has 0 aliphatic heterocycles. The Kier molecular flexibility index (Phi) is 6.09. The van der Waals surface area contributed by atoms with E-state index < -0.39 is 17.9 Å². The third-order valence-corrected chi connectivity index (χ3v) is 3.91. The Bertz CT molecular complexity index is 736. The molecule has 0 bridgehead atoms. The number of hydrogen-bond acceptors (Lipinski definition) is 3. The van der Waals surface area contributed by atoms with Gasteiger partial charge in [-0.3, -0.25) is 4.79 Å². The number of amides is 1. The summed E-state index contributed by atoms with van der Waals surface area (Å²) in [6.45, 7) is 1.87. The van der Waals surface area contributed by atoms with Crippen molar-refractivity contribution in [1.29, 1.82) is 0 Å². The molecule has 1 amide bonds. The summed E-state index contributed by atoms with van der Waals surface area (Å²) >= 11 is 3.12. The number of rotatable bonds is 5. The van der Waals surface area contributed by atoms with Crippen molar-refractivity contribution in [3.63, 3.8) is 0 Å². The standard InChI is InChI=1S/C18H17BrFNO3/c1-12(17(22)21(2)11-13-6-4-3-5-7-13)24-18(23)15-9-8-14(19)10-16(15)20/h3-10,12H,11H2,1-2H3/t12-/m0/s1. The summed E-state index contributed by atoms with van der Waals surface area (Å²) in [5, 5.41) is 0. The van der Waals surface area contributed by atoms with E-state index in [9.17, 15) is 14.0 Å². The van der Waals surface area contributed by atoms with Crippen molar-refractivity contribution in [2.45, 2.75) is 19.6 Å². The number of ether oxygens (including phenoxy) is 1. The summed E-state index contributed by atoms with van der Waals surface area (Å²) in [7, 11) is 1.62. The quantitative estimate of drug-likeness (QED) is 0.725. The summed E-state index contributed by atoms with van der Waals surface area (Å²) in [5.74, 6) is -1.93. The Labute approximate surface area is 148 Å². The van der Waals surface area contributed by atoms with Gasteiger partial charge < -0.3 is 9.64 Å². The minimum Gasteiger partial charge on any atom is -0.449 e. The van der Waals surface area contributed by atoms with Crippen molar-refractivity contribution < 1.29 is 18.7 Å². The molecule has 0 saturated heterocycles. The average Bonchev–Trinajstić information content (AvgIpc) is 2.54. The molecule has 126 valence electrons. The Morgan fingerprint density at radius 3 is 2.50 bits per heavy atom. The second kappa shape index (κ2) is 8.06. The Morgan fingerprint density at radius 2 is 1.88 bits per heavy atom. The van der Waals surface area contributed by atoms with Crippen LogP contribution in [0, 0.1) is 5.82 Å². The summed E-state index contributed by atoms with van der Waals surface area (Å²) in [5.41, 5.74) is 0.759. The van der Waals surface area contributed by atoms with Crippen LogP contribution in [0.4, 0.5) is 4.39 Å². The van der Waals surface area contributed by atoms with Gasteiger partial charge in [-0.2, -0.15) is 0 Å². The van der Waals surface area contributed by atoms with Gasteiger partial charge in [0.05, 0.1) is 5.56 Å². The van der Waals surface area contributed by atoms with Crippen LogP contribution in [0.3, 0.4) is 0 Å². The molecule has 2 aromatic rings. The van der Waals surface area contributed by atoms with Crippen molar-refractivity contribution in [3.05, 3.63) is 69.9 Å². The van der Waals surface area contributed by atoms with Crippen LogP contribution in [0.25, 0.3) is 0 Å². The number of halogens is 2. The molecule has 0 N–H and O–H groups in total. The van der Waals surface area contributed by atoms with Gasteiger partial charge in [0.2, 0.25) is 0 Å². The van der Waals surface area contributed by atoms with E-state index in [1.165, 1.54) is 30.0 Å². The fraction of sp³-hybridized carbons (Fsp3) is 0.222.